The lowest BCUT2D eigenvalue weighted by atomic mass is 10.2. The van der Waals surface area contributed by atoms with Gasteiger partial charge in [0.15, 0.2) is 0 Å². The van der Waals surface area contributed by atoms with Gasteiger partial charge < -0.3 is 10.0 Å². The minimum atomic E-state index is -0.824. The van der Waals surface area contributed by atoms with Gasteiger partial charge in [0.05, 0.1) is 3.79 Å². The molecule has 0 amide bonds. The first-order valence-electron chi connectivity index (χ1n) is 5.81. The summed E-state index contributed by atoms with van der Waals surface area (Å²) in [6.07, 6.45) is 0. The summed E-state index contributed by atoms with van der Waals surface area (Å²) in [5, 5.41) is 11.1. The highest BCUT2D eigenvalue weighted by Gasteiger charge is 2.12. The Bertz CT molecular complexity index is 565. The number of hydrogen-bond donors (Lipinski definition) is 1. The second-order valence-corrected chi connectivity index (χ2v) is 6.63. The average molecular weight is 340 g/mol. The van der Waals surface area contributed by atoms with E-state index in [0.717, 1.165) is 20.6 Å². The molecule has 0 unspecified atom stereocenters. The third-order valence-corrected chi connectivity index (χ3v) is 4.27. The molecule has 0 saturated carbocycles. The molecule has 0 bridgehead atoms. The topological polar surface area (TPSA) is 40.5 Å². The first-order valence-corrected chi connectivity index (χ1v) is 7.48. The highest BCUT2D eigenvalue weighted by molar-refractivity contribution is 9.11. The number of aryl methyl sites for hydroxylation is 1. The molecule has 0 spiro atoms. The van der Waals surface area contributed by atoms with E-state index in [2.05, 4.69) is 15.9 Å². The summed E-state index contributed by atoms with van der Waals surface area (Å²) >= 11 is 5.03. The Morgan fingerprint density at radius 2 is 2.05 bits per heavy atom. The molecule has 19 heavy (non-hydrogen) atoms. The van der Waals surface area contributed by atoms with Crippen LogP contribution < -0.4 is 4.90 Å². The number of anilines is 1. The van der Waals surface area contributed by atoms with Gasteiger partial charge in [0, 0.05) is 12.2 Å². The maximum Gasteiger partial charge on any atom is 0.323 e. The lowest BCUT2D eigenvalue weighted by molar-refractivity contribution is -0.135. The van der Waals surface area contributed by atoms with Crippen molar-refractivity contribution in [1.29, 1.82) is 0 Å². The molecule has 0 aliphatic carbocycles. The SMILES string of the molecule is Cc1ccc(N(CC(=O)O)Cc2csc(Br)c2)cc1. The lowest BCUT2D eigenvalue weighted by Gasteiger charge is -2.22. The van der Waals surface area contributed by atoms with Crippen molar-refractivity contribution in [3.05, 3.63) is 50.6 Å². The van der Waals surface area contributed by atoms with E-state index in [4.69, 9.17) is 5.11 Å². The molecule has 1 aromatic heterocycles. The van der Waals surface area contributed by atoms with Crippen molar-refractivity contribution < 1.29 is 9.90 Å². The summed E-state index contributed by atoms with van der Waals surface area (Å²) in [5.74, 6) is -0.824. The number of nitrogens with zero attached hydrogens (tertiary/aromatic N) is 1. The van der Waals surface area contributed by atoms with Crippen LogP contribution in [0, 0.1) is 6.92 Å². The first-order chi connectivity index (χ1) is 9.04. The van der Waals surface area contributed by atoms with E-state index in [-0.39, 0.29) is 6.54 Å². The standard InChI is InChI=1S/C14H14BrNO2S/c1-10-2-4-12(5-3-10)16(8-14(17)18)7-11-6-13(15)19-9-11/h2-6,9H,7-8H2,1H3,(H,17,18). The Labute approximate surface area is 124 Å². The molecular weight excluding hydrogens is 326 g/mol. The molecule has 3 nitrogen and oxygen atoms in total. The Kier molecular flexibility index (Phi) is 4.61. The molecule has 100 valence electrons. The van der Waals surface area contributed by atoms with Crippen LogP contribution in [0.1, 0.15) is 11.1 Å². The second-order valence-electron chi connectivity index (χ2n) is 4.34. The monoisotopic (exact) mass is 339 g/mol. The molecule has 2 rings (SSSR count). The number of thiophene rings is 1. The summed E-state index contributed by atoms with van der Waals surface area (Å²) in [6, 6.07) is 9.93. The van der Waals surface area contributed by atoms with Crippen molar-refractivity contribution in [1.82, 2.24) is 0 Å². The molecule has 0 atom stereocenters. The Morgan fingerprint density at radius 1 is 1.37 bits per heavy atom. The number of halogens is 1. The van der Waals surface area contributed by atoms with E-state index in [1.807, 2.05) is 47.5 Å². The van der Waals surface area contributed by atoms with Crippen molar-refractivity contribution in [3.8, 4) is 0 Å². The van der Waals surface area contributed by atoms with Gasteiger partial charge in [-0.1, -0.05) is 17.7 Å². The maximum atomic E-state index is 11.0. The molecule has 0 radical (unpaired) electrons. The van der Waals surface area contributed by atoms with Gasteiger partial charge in [0.2, 0.25) is 0 Å². The minimum Gasteiger partial charge on any atom is -0.480 e. The average Bonchev–Trinajstić information content (AvgIpc) is 2.74. The van der Waals surface area contributed by atoms with Crippen molar-refractivity contribution in [2.24, 2.45) is 0 Å². The van der Waals surface area contributed by atoms with Crippen LogP contribution in [0.2, 0.25) is 0 Å². The number of carboxylic acid groups (broad SMARTS) is 1. The molecular formula is C14H14BrNO2S. The highest BCUT2D eigenvalue weighted by Crippen LogP contribution is 2.24. The fraction of sp³-hybridized carbons (Fsp3) is 0.214. The lowest BCUT2D eigenvalue weighted by Crippen LogP contribution is -2.28. The van der Waals surface area contributed by atoms with E-state index >= 15 is 0 Å². The van der Waals surface area contributed by atoms with E-state index in [1.165, 1.54) is 0 Å². The molecule has 0 aliphatic heterocycles. The van der Waals surface area contributed by atoms with Crippen molar-refractivity contribution >= 4 is 38.9 Å². The van der Waals surface area contributed by atoms with Crippen molar-refractivity contribution in [2.45, 2.75) is 13.5 Å². The van der Waals surface area contributed by atoms with Gasteiger partial charge >= 0.3 is 5.97 Å². The van der Waals surface area contributed by atoms with Gasteiger partial charge in [-0.2, -0.15) is 0 Å². The number of carbonyl (C=O) groups is 1. The Morgan fingerprint density at radius 3 is 2.58 bits per heavy atom. The fourth-order valence-corrected chi connectivity index (χ4v) is 3.01. The number of benzene rings is 1. The molecule has 0 fully saturated rings. The zero-order valence-corrected chi connectivity index (χ0v) is 12.9. The summed E-state index contributed by atoms with van der Waals surface area (Å²) < 4.78 is 1.06. The third kappa shape index (κ3) is 4.08. The van der Waals surface area contributed by atoms with Crippen LogP contribution in [0.4, 0.5) is 5.69 Å². The quantitative estimate of drug-likeness (QED) is 0.897. The van der Waals surface area contributed by atoms with E-state index in [1.54, 1.807) is 11.3 Å². The van der Waals surface area contributed by atoms with Gasteiger partial charge in [0.25, 0.3) is 0 Å². The zero-order chi connectivity index (χ0) is 13.8. The number of rotatable bonds is 5. The summed E-state index contributed by atoms with van der Waals surface area (Å²) in [5.41, 5.74) is 3.20. The predicted octanol–water partition coefficient (Wildman–Crippen LogP) is 3.91. The van der Waals surface area contributed by atoms with Gasteiger partial charge in [-0.15, -0.1) is 11.3 Å². The van der Waals surface area contributed by atoms with Gasteiger partial charge in [0.1, 0.15) is 6.54 Å². The minimum absolute atomic E-state index is 0.00345. The number of aliphatic carboxylic acids is 1. The van der Waals surface area contributed by atoms with Crippen molar-refractivity contribution in [2.75, 3.05) is 11.4 Å². The van der Waals surface area contributed by atoms with Crippen LogP contribution in [-0.4, -0.2) is 17.6 Å². The molecule has 1 N–H and O–H groups in total. The number of hydrogen-bond acceptors (Lipinski definition) is 3. The van der Waals surface area contributed by atoms with Crippen LogP contribution in [-0.2, 0) is 11.3 Å². The van der Waals surface area contributed by atoms with Crippen molar-refractivity contribution in [3.63, 3.8) is 0 Å². The van der Waals surface area contributed by atoms with E-state index < -0.39 is 5.97 Å². The maximum absolute atomic E-state index is 11.0. The summed E-state index contributed by atoms with van der Waals surface area (Å²) in [6.45, 7) is 2.61. The largest absolute Gasteiger partial charge is 0.480 e. The van der Waals surface area contributed by atoms with Crippen LogP contribution in [0.3, 0.4) is 0 Å². The fourth-order valence-electron chi connectivity index (χ4n) is 1.81. The summed E-state index contributed by atoms with van der Waals surface area (Å²) in [7, 11) is 0. The van der Waals surface area contributed by atoms with Gasteiger partial charge in [-0.25, -0.2) is 0 Å². The highest BCUT2D eigenvalue weighted by atomic mass is 79.9. The molecule has 1 heterocycles. The second kappa shape index (κ2) is 6.21. The van der Waals surface area contributed by atoms with E-state index in [0.29, 0.717) is 6.54 Å². The first kappa shape index (κ1) is 14.1. The molecule has 0 saturated heterocycles. The smallest absolute Gasteiger partial charge is 0.323 e. The zero-order valence-electron chi connectivity index (χ0n) is 10.5. The van der Waals surface area contributed by atoms with Crippen LogP contribution >= 0.6 is 27.3 Å². The van der Waals surface area contributed by atoms with Crippen LogP contribution in [0.5, 0.6) is 0 Å². The molecule has 5 heteroatoms. The Hall–Kier alpha value is -1.33. The van der Waals surface area contributed by atoms with Crippen LogP contribution in [0.25, 0.3) is 0 Å². The van der Waals surface area contributed by atoms with Crippen LogP contribution in [0.15, 0.2) is 39.5 Å². The Balaban J connectivity index is 2.20. The number of carboxylic acids is 1. The molecule has 1 aromatic carbocycles. The summed E-state index contributed by atoms with van der Waals surface area (Å²) in [4.78, 5) is 12.9. The predicted molar refractivity (Wildman–Crippen MR) is 81.9 cm³/mol. The van der Waals surface area contributed by atoms with Gasteiger partial charge in [-0.3, -0.25) is 4.79 Å². The normalized spacial score (nSPS) is 10.4. The third-order valence-electron chi connectivity index (χ3n) is 2.72. The molecule has 2 aromatic rings. The van der Waals surface area contributed by atoms with E-state index in [9.17, 15) is 4.79 Å². The van der Waals surface area contributed by atoms with Gasteiger partial charge in [-0.05, 0) is 52.0 Å². The molecule has 0 aliphatic rings.